The van der Waals surface area contributed by atoms with Gasteiger partial charge in [0.1, 0.15) is 15.7 Å². The van der Waals surface area contributed by atoms with Crippen molar-refractivity contribution in [3.05, 3.63) is 57.1 Å². The average Bonchev–Trinajstić information content (AvgIpc) is 2.62. The van der Waals surface area contributed by atoms with Crippen LogP contribution in [0.25, 0.3) is 0 Å². The fourth-order valence-electron chi connectivity index (χ4n) is 3.27. The van der Waals surface area contributed by atoms with Crippen LogP contribution in [-0.4, -0.2) is 15.5 Å². The molecule has 140 valence electrons. The minimum absolute atomic E-state index is 0.0452. The molecule has 0 spiro atoms. The number of hydrogen-bond donors (Lipinski definition) is 1. The maximum Gasteiger partial charge on any atom is 0.242 e. The van der Waals surface area contributed by atoms with E-state index in [-0.39, 0.29) is 21.0 Å². The molecule has 0 amide bonds. The molecule has 1 aliphatic rings. The summed E-state index contributed by atoms with van der Waals surface area (Å²) in [7, 11) is -2.38. The van der Waals surface area contributed by atoms with Crippen molar-refractivity contribution in [2.24, 2.45) is 0 Å². The minimum atomic E-state index is -3.83. The smallest absolute Gasteiger partial charge is 0.242 e. The van der Waals surface area contributed by atoms with Crippen LogP contribution < -0.4 is 9.46 Å². The van der Waals surface area contributed by atoms with Gasteiger partial charge in [-0.3, -0.25) is 0 Å². The summed E-state index contributed by atoms with van der Waals surface area (Å²) in [4.78, 5) is -0.0604. The lowest BCUT2D eigenvalue weighted by Gasteiger charge is -2.20. The van der Waals surface area contributed by atoms with Gasteiger partial charge in [0.05, 0.1) is 12.1 Å². The lowest BCUT2D eigenvalue weighted by atomic mass is 9.89. The predicted octanol–water partition coefficient (Wildman–Crippen LogP) is 4.92. The van der Waals surface area contributed by atoms with E-state index >= 15 is 0 Å². The van der Waals surface area contributed by atoms with Crippen molar-refractivity contribution in [1.29, 1.82) is 0 Å². The van der Waals surface area contributed by atoms with Gasteiger partial charge in [-0.2, -0.15) is 0 Å². The van der Waals surface area contributed by atoms with Crippen LogP contribution in [0.15, 0.2) is 35.2 Å². The molecule has 1 atom stereocenters. The van der Waals surface area contributed by atoms with Crippen molar-refractivity contribution in [2.75, 3.05) is 7.11 Å². The molecule has 0 saturated carbocycles. The van der Waals surface area contributed by atoms with Crippen LogP contribution in [0.1, 0.15) is 42.5 Å². The van der Waals surface area contributed by atoms with Crippen LogP contribution in [-0.2, 0) is 22.9 Å². The second-order valence-electron chi connectivity index (χ2n) is 6.47. The maximum atomic E-state index is 12.8. The molecule has 26 heavy (non-hydrogen) atoms. The van der Waals surface area contributed by atoms with Crippen LogP contribution in [0, 0.1) is 0 Å². The van der Waals surface area contributed by atoms with E-state index in [4.69, 9.17) is 27.9 Å². The number of ether oxygens (including phenoxy) is 1. The first-order chi connectivity index (χ1) is 12.3. The second-order valence-corrected chi connectivity index (χ2v) is 8.91. The standard InChI is InChI=1S/C19H21Cl2NO3S/c1-12(14-8-7-13-5-3-4-6-15(13)11-14)22-26(23,24)17-10-9-16(25-2)18(20)19(17)21/h7-12,22H,3-6H2,1-2H3/t12-/m1/s1. The van der Waals surface area contributed by atoms with E-state index in [1.165, 1.54) is 43.2 Å². The van der Waals surface area contributed by atoms with Gasteiger partial charge in [-0.25, -0.2) is 13.1 Å². The van der Waals surface area contributed by atoms with Gasteiger partial charge in [0.2, 0.25) is 10.0 Å². The molecule has 3 rings (SSSR count). The van der Waals surface area contributed by atoms with Gasteiger partial charge in [0, 0.05) is 6.04 Å². The summed E-state index contributed by atoms with van der Waals surface area (Å²) in [6, 6.07) is 8.70. The van der Waals surface area contributed by atoms with E-state index in [1.54, 1.807) is 0 Å². The van der Waals surface area contributed by atoms with E-state index in [9.17, 15) is 8.42 Å². The summed E-state index contributed by atoms with van der Waals surface area (Å²) in [6.07, 6.45) is 4.53. The largest absolute Gasteiger partial charge is 0.495 e. The molecule has 1 N–H and O–H groups in total. The highest BCUT2D eigenvalue weighted by molar-refractivity contribution is 7.89. The van der Waals surface area contributed by atoms with Gasteiger partial charge in [-0.05, 0) is 61.4 Å². The summed E-state index contributed by atoms with van der Waals surface area (Å²) in [5.74, 6) is 0.332. The Balaban J connectivity index is 1.87. The zero-order chi connectivity index (χ0) is 18.9. The third-order valence-electron chi connectivity index (χ3n) is 4.73. The van der Waals surface area contributed by atoms with E-state index in [0.29, 0.717) is 5.75 Å². The molecule has 0 bridgehead atoms. The Labute approximate surface area is 164 Å². The summed E-state index contributed by atoms with van der Waals surface area (Å²) in [5.41, 5.74) is 3.61. The number of benzene rings is 2. The van der Waals surface area contributed by atoms with Crippen LogP contribution in [0.2, 0.25) is 10.0 Å². The van der Waals surface area contributed by atoms with Crippen molar-refractivity contribution >= 4 is 33.2 Å². The van der Waals surface area contributed by atoms with Crippen molar-refractivity contribution < 1.29 is 13.2 Å². The Hall–Kier alpha value is -1.27. The molecule has 0 heterocycles. The molecular weight excluding hydrogens is 393 g/mol. The summed E-state index contributed by atoms with van der Waals surface area (Å²) in [6.45, 7) is 1.82. The molecule has 7 heteroatoms. The van der Waals surface area contributed by atoms with E-state index in [0.717, 1.165) is 18.4 Å². The molecule has 2 aromatic carbocycles. The van der Waals surface area contributed by atoms with Gasteiger partial charge in [-0.1, -0.05) is 41.4 Å². The third kappa shape index (κ3) is 3.86. The predicted molar refractivity (Wildman–Crippen MR) is 105 cm³/mol. The van der Waals surface area contributed by atoms with Crippen molar-refractivity contribution in [3.63, 3.8) is 0 Å². The van der Waals surface area contributed by atoms with Crippen LogP contribution in [0.3, 0.4) is 0 Å². The maximum absolute atomic E-state index is 12.8. The number of nitrogens with one attached hydrogen (secondary N) is 1. The Morgan fingerprint density at radius 1 is 1.04 bits per heavy atom. The van der Waals surface area contributed by atoms with Crippen molar-refractivity contribution in [3.8, 4) is 5.75 Å². The zero-order valence-corrected chi connectivity index (χ0v) is 17.0. The van der Waals surface area contributed by atoms with Crippen molar-refractivity contribution in [2.45, 2.75) is 43.5 Å². The lowest BCUT2D eigenvalue weighted by Crippen LogP contribution is -2.27. The molecule has 2 aromatic rings. The minimum Gasteiger partial charge on any atom is -0.495 e. The zero-order valence-electron chi connectivity index (χ0n) is 14.7. The lowest BCUT2D eigenvalue weighted by molar-refractivity contribution is 0.414. The molecular formula is C19H21Cl2NO3S. The number of fused-ring (bicyclic) bond motifs is 1. The highest BCUT2D eigenvalue weighted by Gasteiger charge is 2.24. The fourth-order valence-corrected chi connectivity index (χ4v) is 5.34. The number of hydrogen-bond acceptors (Lipinski definition) is 3. The van der Waals surface area contributed by atoms with Crippen molar-refractivity contribution in [1.82, 2.24) is 4.72 Å². The first-order valence-electron chi connectivity index (χ1n) is 8.49. The summed E-state index contributed by atoms with van der Waals surface area (Å²) < 4.78 is 33.3. The number of rotatable bonds is 5. The molecule has 4 nitrogen and oxygen atoms in total. The Morgan fingerprint density at radius 2 is 1.73 bits per heavy atom. The van der Waals surface area contributed by atoms with Gasteiger partial charge >= 0.3 is 0 Å². The summed E-state index contributed by atoms with van der Waals surface area (Å²) in [5, 5.41) is 0.0367. The number of sulfonamides is 1. The quantitative estimate of drug-likeness (QED) is 0.756. The average molecular weight is 414 g/mol. The monoisotopic (exact) mass is 413 g/mol. The Bertz CT molecular complexity index is 929. The first kappa shape index (κ1) is 19.5. The van der Waals surface area contributed by atoms with Gasteiger partial charge in [0.15, 0.2) is 0 Å². The highest BCUT2D eigenvalue weighted by atomic mass is 35.5. The van der Waals surface area contributed by atoms with Crippen LogP contribution in [0.5, 0.6) is 5.75 Å². The highest BCUT2D eigenvalue weighted by Crippen LogP contribution is 2.37. The molecule has 0 aliphatic heterocycles. The molecule has 0 fully saturated rings. The Kier molecular flexibility index (Phi) is 5.82. The third-order valence-corrected chi connectivity index (χ3v) is 7.29. The van der Waals surface area contributed by atoms with E-state index in [1.807, 2.05) is 13.0 Å². The SMILES string of the molecule is COc1ccc(S(=O)(=O)N[C@H](C)c2ccc3c(c2)CCCC3)c(Cl)c1Cl. The van der Waals surface area contributed by atoms with E-state index in [2.05, 4.69) is 16.9 Å². The Morgan fingerprint density at radius 3 is 2.42 bits per heavy atom. The molecule has 0 unspecified atom stereocenters. The molecule has 1 aliphatic carbocycles. The number of aryl methyl sites for hydroxylation is 2. The topological polar surface area (TPSA) is 55.4 Å². The second kappa shape index (κ2) is 7.77. The summed E-state index contributed by atoms with van der Waals surface area (Å²) >= 11 is 12.2. The fraction of sp³-hybridized carbons (Fsp3) is 0.368. The van der Waals surface area contributed by atoms with Crippen LogP contribution in [0.4, 0.5) is 0 Å². The van der Waals surface area contributed by atoms with Gasteiger partial charge in [0.25, 0.3) is 0 Å². The first-order valence-corrected chi connectivity index (χ1v) is 10.7. The van der Waals surface area contributed by atoms with Gasteiger partial charge in [-0.15, -0.1) is 0 Å². The number of methoxy groups -OCH3 is 1. The normalized spacial score (nSPS) is 15.4. The molecule has 0 aromatic heterocycles. The molecule has 0 radical (unpaired) electrons. The van der Waals surface area contributed by atoms with Crippen LogP contribution >= 0.6 is 23.2 Å². The van der Waals surface area contributed by atoms with Gasteiger partial charge < -0.3 is 4.74 Å². The molecule has 0 saturated heterocycles. The van der Waals surface area contributed by atoms with E-state index < -0.39 is 10.0 Å². The number of halogens is 2.